The molecular weight excluding hydrogens is 140 g/mol. The van der Waals surface area contributed by atoms with E-state index in [0.29, 0.717) is 18.3 Å². The van der Waals surface area contributed by atoms with Crippen LogP contribution in [0.3, 0.4) is 0 Å². The number of carbonyl (C=O) groups excluding carboxylic acids is 1. The first kappa shape index (κ1) is 8.57. The molecule has 0 aromatic carbocycles. The van der Waals surface area contributed by atoms with Crippen molar-refractivity contribution in [2.45, 2.75) is 39.7 Å². The molecule has 1 rings (SSSR count). The summed E-state index contributed by atoms with van der Waals surface area (Å²) in [4.78, 5) is 11.0. The van der Waals surface area contributed by atoms with Gasteiger partial charge in [0.25, 0.3) is 0 Å². The fourth-order valence-corrected chi connectivity index (χ4v) is 1.59. The van der Waals surface area contributed by atoms with Crippen LogP contribution in [0.4, 0.5) is 0 Å². The van der Waals surface area contributed by atoms with E-state index >= 15 is 0 Å². The Kier molecular flexibility index (Phi) is 2.53. The molecule has 0 aromatic heterocycles. The largest absolute Gasteiger partial charge is 0.462 e. The summed E-state index contributed by atoms with van der Waals surface area (Å²) >= 11 is 0. The van der Waals surface area contributed by atoms with E-state index in [1.54, 1.807) is 0 Å². The van der Waals surface area contributed by atoms with E-state index in [2.05, 4.69) is 20.8 Å². The highest BCUT2D eigenvalue weighted by Crippen LogP contribution is 2.28. The van der Waals surface area contributed by atoms with Gasteiger partial charge in [-0.25, -0.2) is 0 Å². The lowest BCUT2D eigenvalue weighted by Crippen LogP contribution is -2.35. The van der Waals surface area contributed by atoms with Gasteiger partial charge in [0.05, 0.1) is 0 Å². The van der Waals surface area contributed by atoms with Crippen molar-refractivity contribution in [3.05, 3.63) is 0 Å². The Morgan fingerprint density at radius 1 is 1.55 bits per heavy atom. The maximum absolute atomic E-state index is 11.0. The lowest BCUT2D eigenvalue weighted by Gasteiger charge is -2.32. The summed E-state index contributed by atoms with van der Waals surface area (Å²) in [6.07, 6.45) is 1.70. The predicted molar refractivity (Wildman–Crippen MR) is 43.1 cm³/mol. The van der Waals surface area contributed by atoms with Crippen LogP contribution in [0, 0.1) is 11.8 Å². The van der Waals surface area contributed by atoms with Crippen LogP contribution in [-0.2, 0) is 9.53 Å². The van der Waals surface area contributed by atoms with E-state index in [1.807, 2.05) is 0 Å². The van der Waals surface area contributed by atoms with E-state index in [4.69, 9.17) is 4.74 Å². The van der Waals surface area contributed by atoms with Gasteiger partial charge in [0.1, 0.15) is 6.10 Å². The van der Waals surface area contributed by atoms with Gasteiger partial charge in [-0.15, -0.1) is 0 Å². The molecule has 64 valence electrons. The highest BCUT2D eigenvalue weighted by molar-refractivity contribution is 5.70. The normalized spacial score (nSPS) is 38.5. The summed E-state index contributed by atoms with van der Waals surface area (Å²) in [5.41, 5.74) is 0. The number of esters is 1. The van der Waals surface area contributed by atoms with E-state index in [-0.39, 0.29) is 12.1 Å². The van der Waals surface area contributed by atoms with Gasteiger partial charge < -0.3 is 4.74 Å². The maximum Gasteiger partial charge on any atom is 0.306 e. The number of carbonyl (C=O) groups is 1. The highest BCUT2D eigenvalue weighted by Gasteiger charge is 2.31. The van der Waals surface area contributed by atoms with Crippen molar-refractivity contribution in [2.24, 2.45) is 11.8 Å². The second kappa shape index (κ2) is 3.24. The number of cyclic esters (lactones) is 1. The molecule has 1 aliphatic heterocycles. The first-order valence-corrected chi connectivity index (χ1v) is 4.34. The minimum absolute atomic E-state index is 0.0255. The fourth-order valence-electron chi connectivity index (χ4n) is 1.59. The molecule has 0 amide bonds. The highest BCUT2D eigenvalue weighted by atomic mass is 16.5. The number of hydrogen-bond acceptors (Lipinski definition) is 2. The molecule has 0 bridgehead atoms. The lowest BCUT2D eigenvalue weighted by molar-refractivity contribution is -0.161. The van der Waals surface area contributed by atoms with Gasteiger partial charge in [-0.1, -0.05) is 20.8 Å². The van der Waals surface area contributed by atoms with Gasteiger partial charge in [0, 0.05) is 6.42 Å². The van der Waals surface area contributed by atoms with E-state index in [0.717, 1.165) is 6.42 Å². The van der Waals surface area contributed by atoms with Gasteiger partial charge in [0.15, 0.2) is 0 Å². The van der Waals surface area contributed by atoms with Crippen LogP contribution in [0.2, 0.25) is 0 Å². The Morgan fingerprint density at radius 3 is 2.73 bits per heavy atom. The molecule has 0 N–H and O–H groups in total. The van der Waals surface area contributed by atoms with Crippen LogP contribution >= 0.6 is 0 Å². The van der Waals surface area contributed by atoms with Crippen LogP contribution in [0.1, 0.15) is 33.6 Å². The average Bonchev–Trinajstić information content (AvgIpc) is 1.96. The molecule has 1 unspecified atom stereocenters. The summed E-state index contributed by atoms with van der Waals surface area (Å²) in [5, 5.41) is 0. The van der Waals surface area contributed by atoms with Crippen molar-refractivity contribution in [1.82, 2.24) is 0 Å². The Morgan fingerprint density at radius 2 is 2.18 bits per heavy atom. The van der Waals surface area contributed by atoms with Crippen molar-refractivity contribution < 1.29 is 9.53 Å². The first-order chi connectivity index (χ1) is 5.15. The molecule has 0 saturated carbocycles. The van der Waals surface area contributed by atoms with Crippen molar-refractivity contribution in [1.29, 1.82) is 0 Å². The summed E-state index contributed by atoms with van der Waals surface area (Å²) in [5.74, 6) is 0.987. The smallest absolute Gasteiger partial charge is 0.306 e. The van der Waals surface area contributed by atoms with E-state index < -0.39 is 0 Å². The minimum atomic E-state index is -0.0255. The molecule has 1 saturated heterocycles. The van der Waals surface area contributed by atoms with Crippen molar-refractivity contribution in [3.8, 4) is 0 Å². The number of hydrogen-bond donors (Lipinski definition) is 0. The van der Waals surface area contributed by atoms with Crippen LogP contribution in [0.15, 0.2) is 0 Å². The van der Waals surface area contributed by atoms with Gasteiger partial charge in [-0.05, 0) is 18.3 Å². The third-order valence-electron chi connectivity index (χ3n) is 2.66. The average molecular weight is 156 g/mol. The van der Waals surface area contributed by atoms with Gasteiger partial charge in [-0.3, -0.25) is 4.79 Å². The molecule has 1 heterocycles. The van der Waals surface area contributed by atoms with Crippen molar-refractivity contribution >= 4 is 5.97 Å². The monoisotopic (exact) mass is 156 g/mol. The molecule has 0 aliphatic carbocycles. The molecule has 3 atom stereocenters. The number of rotatable bonds is 1. The maximum atomic E-state index is 11.0. The molecule has 0 aromatic rings. The SMILES string of the molecule is CCC1OC(=O)C[C@@H](C)[C@@H]1C. The molecule has 11 heavy (non-hydrogen) atoms. The second-order valence-electron chi connectivity index (χ2n) is 3.48. The first-order valence-electron chi connectivity index (χ1n) is 4.34. The molecule has 2 heteroatoms. The molecule has 1 aliphatic rings. The third-order valence-corrected chi connectivity index (χ3v) is 2.66. The molecule has 2 nitrogen and oxygen atoms in total. The summed E-state index contributed by atoms with van der Waals surface area (Å²) < 4.78 is 5.18. The third kappa shape index (κ3) is 1.73. The number of ether oxygens (including phenoxy) is 1. The molecule has 0 radical (unpaired) electrons. The van der Waals surface area contributed by atoms with Gasteiger partial charge in [0.2, 0.25) is 0 Å². The fraction of sp³-hybridized carbons (Fsp3) is 0.889. The summed E-state index contributed by atoms with van der Waals surface area (Å²) in [6, 6.07) is 0. The van der Waals surface area contributed by atoms with Crippen LogP contribution in [0.25, 0.3) is 0 Å². The zero-order valence-corrected chi connectivity index (χ0v) is 7.46. The van der Waals surface area contributed by atoms with Gasteiger partial charge >= 0.3 is 5.97 Å². The van der Waals surface area contributed by atoms with E-state index in [9.17, 15) is 4.79 Å². The van der Waals surface area contributed by atoms with E-state index in [1.165, 1.54) is 0 Å². The predicted octanol–water partition coefficient (Wildman–Crippen LogP) is 1.98. The van der Waals surface area contributed by atoms with Crippen LogP contribution < -0.4 is 0 Å². The second-order valence-corrected chi connectivity index (χ2v) is 3.48. The molecule has 0 spiro atoms. The molecule has 1 fully saturated rings. The standard InChI is InChI=1S/C9H16O2/c1-4-8-7(3)6(2)5-9(10)11-8/h6-8H,4-5H2,1-3H3/t6-,7+,8?/m1/s1. The zero-order valence-electron chi connectivity index (χ0n) is 7.46. The van der Waals surface area contributed by atoms with Crippen LogP contribution in [0.5, 0.6) is 0 Å². The molecular formula is C9H16O2. The summed E-state index contributed by atoms with van der Waals surface area (Å²) in [6.45, 7) is 6.34. The topological polar surface area (TPSA) is 26.3 Å². The quantitative estimate of drug-likeness (QED) is 0.543. The zero-order chi connectivity index (χ0) is 8.43. The van der Waals surface area contributed by atoms with Crippen LogP contribution in [-0.4, -0.2) is 12.1 Å². The van der Waals surface area contributed by atoms with Gasteiger partial charge in [-0.2, -0.15) is 0 Å². The summed E-state index contributed by atoms with van der Waals surface area (Å²) in [7, 11) is 0. The van der Waals surface area contributed by atoms with Crippen molar-refractivity contribution in [3.63, 3.8) is 0 Å². The lowest BCUT2D eigenvalue weighted by atomic mass is 9.85. The Hall–Kier alpha value is -0.530. The minimum Gasteiger partial charge on any atom is -0.462 e. The Labute approximate surface area is 67.9 Å². The van der Waals surface area contributed by atoms with Crippen molar-refractivity contribution in [2.75, 3.05) is 0 Å². The Bertz CT molecular complexity index is 154. The Balaban J connectivity index is 2.58.